The molecule has 0 aliphatic rings. The van der Waals surface area contributed by atoms with Crippen LogP contribution >= 0.6 is 0 Å². The fourth-order valence-corrected chi connectivity index (χ4v) is 1.77. The number of carbonyl (C=O) groups excluding carboxylic acids is 1. The molecular weight excluding hydrogens is 312 g/mol. The number of nitrogens with zero attached hydrogens (tertiary/aromatic N) is 4. The number of aryl methyl sites for hydroxylation is 1. The zero-order chi connectivity index (χ0) is 17.2. The second-order valence-electron chi connectivity index (χ2n) is 4.68. The van der Waals surface area contributed by atoms with E-state index in [-0.39, 0.29) is 0 Å². The van der Waals surface area contributed by atoms with Gasteiger partial charge in [-0.15, -0.1) is 0 Å². The van der Waals surface area contributed by atoms with E-state index in [2.05, 4.69) is 20.7 Å². The molecule has 9 heteroatoms. The molecule has 0 atom stereocenters. The monoisotopic (exact) mass is 330 g/mol. The fraction of sp³-hybridized carbons (Fsp3) is 0.333. The highest BCUT2D eigenvalue weighted by atomic mass is 16.5. The standard InChI is InChI=1S/C15H18N6O3/c1-23-9-10-24-14-4-3-12(11-17-14)18-15(22)19-13-5-8-21(20-13)7-2-6-16/h3-5,8,11H,2,7,9-10H2,1H3,(H2,18,19,20,22). The number of rotatable bonds is 8. The van der Waals surface area contributed by atoms with Crippen LogP contribution in [0.5, 0.6) is 5.88 Å². The number of nitrogens with one attached hydrogen (secondary N) is 2. The molecule has 0 spiro atoms. The molecule has 0 aromatic carbocycles. The summed E-state index contributed by atoms with van der Waals surface area (Å²) in [6, 6.07) is 6.59. The maximum absolute atomic E-state index is 11.9. The summed E-state index contributed by atoms with van der Waals surface area (Å²) < 4.78 is 11.8. The lowest BCUT2D eigenvalue weighted by molar-refractivity contribution is 0.144. The Morgan fingerprint density at radius 1 is 1.33 bits per heavy atom. The van der Waals surface area contributed by atoms with Gasteiger partial charge in [0.1, 0.15) is 6.61 Å². The summed E-state index contributed by atoms with van der Waals surface area (Å²) in [6.45, 7) is 1.37. The zero-order valence-corrected chi connectivity index (χ0v) is 13.2. The zero-order valence-electron chi connectivity index (χ0n) is 13.2. The lowest BCUT2D eigenvalue weighted by Gasteiger charge is -2.07. The molecule has 0 fully saturated rings. The van der Waals surface area contributed by atoms with Gasteiger partial charge in [0.05, 0.1) is 37.5 Å². The first-order valence-electron chi connectivity index (χ1n) is 7.27. The molecular formula is C15H18N6O3. The summed E-state index contributed by atoms with van der Waals surface area (Å²) in [5.41, 5.74) is 0.524. The van der Waals surface area contributed by atoms with E-state index in [0.29, 0.717) is 43.6 Å². The lowest BCUT2D eigenvalue weighted by Crippen LogP contribution is -2.20. The lowest BCUT2D eigenvalue weighted by atomic mass is 10.4. The van der Waals surface area contributed by atoms with Crippen LogP contribution in [0.15, 0.2) is 30.6 Å². The van der Waals surface area contributed by atoms with Gasteiger partial charge in [-0.3, -0.25) is 10.00 Å². The van der Waals surface area contributed by atoms with Crippen LogP contribution < -0.4 is 15.4 Å². The highest BCUT2D eigenvalue weighted by Gasteiger charge is 2.06. The van der Waals surface area contributed by atoms with Crippen molar-refractivity contribution in [3.8, 4) is 11.9 Å². The van der Waals surface area contributed by atoms with Crippen LogP contribution in [0.2, 0.25) is 0 Å². The van der Waals surface area contributed by atoms with Crippen molar-refractivity contribution in [2.45, 2.75) is 13.0 Å². The van der Waals surface area contributed by atoms with Gasteiger partial charge in [-0.05, 0) is 6.07 Å². The van der Waals surface area contributed by atoms with Crippen molar-refractivity contribution in [1.82, 2.24) is 14.8 Å². The Kier molecular flexibility index (Phi) is 6.55. The quantitative estimate of drug-likeness (QED) is 0.714. The van der Waals surface area contributed by atoms with Crippen LogP contribution in [-0.4, -0.2) is 41.1 Å². The normalized spacial score (nSPS) is 10.0. The number of hydrogen-bond donors (Lipinski definition) is 2. The van der Waals surface area contributed by atoms with E-state index < -0.39 is 6.03 Å². The van der Waals surface area contributed by atoms with E-state index in [9.17, 15) is 4.79 Å². The Bertz CT molecular complexity index is 692. The molecule has 9 nitrogen and oxygen atoms in total. The van der Waals surface area contributed by atoms with Crippen LogP contribution in [-0.2, 0) is 11.3 Å². The minimum absolute atomic E-state index is 0.359. The van der Waals surface area contributed by atoms with E-state index in [0.717, 1.165) is 0 Å². The molecule has 2 aromatic rings. The first kappa shape index (κ1) is 17.2. The van der Waals surface area contributed by atoms with Gasteiger partial charge in [0.25, 0.3) is 0 Å². The molecule has 24 heavy (non-hydrogen) atoms. The highest BCUT2D eigenvalue weighted by Crippen LogP contribution is 2.12. The van der Waals surface area contributed by atoms with Crippen molar-refractivity contribution in [1.29, 1.82) is 5.26 Å². The first-order chi connectivity index (χ1) is 11.7. The second-order valence-corrected chi connectivity index (χ2v) is 4.68. The van der Waals surface area contributed by atoms with Crippen LogP contribution in [0.3, 0.4) is 0 Å². The number of hydrogen-bond acceptors (Lipinski definition) is 6. The third-order valence-electron chi connectivity index (χ3n) is 2.87. The topological polar surface area (TPSA) is 114 Å². The average Bonchev–Trinajstić information content (AvgIpc) is 3.02. The second kappa shape index (κ2) is 9.12. The van der Waals surface area contributed by atoms with Crippen molar-refractivity contribution in [3.63, 3.8) is 0 Å². The maximum atomic E-state index is 11.9. The fourth-order valence-electron chi connectivity index (χ4n) is 1.77. The number of nitriles is 1. The van der Waals surface area contributed by atoms with Gasteiger partial charge in [0, 0.05) is 25.4 Å². The highest BCUT2D eigenvalue weighted by molar-refractivity contribution is 5.98. The molecule has 0 aliphatic carbocycles. The van der Waals surface area contributed by atoms with Crippen molar-refractivity contribution in [2.75, 3.05) is 31.0 Å². The molecule has 2 amide bonds. The molecule has 0 saturated carbocycles. The maximum Gasteiger partial charge on any atom is 0.324 e. The summed E-state index contributed by atoms with van der Waals surface area (Å²) in [7, 11) is 1.59. The average molecular weight is 330 g/mol. The van der Waals surface area contributed by atoms with Gasteiger partial charge >= 0.3 is 6.03 Å². The molecule has 0 bridgehead atoms. The van der Waals surface area contributed by atoms with Crippen LogP contribution in [0.4, 0.5) is 16.3 Å². The van der Waals surface area contributed by atoms with Gasteiger partial charge in [-0.25, -0.2) is 9.78 Å². The number of amides is 2. The SMILES string of the molecule is COCCOc1ccc(NC(=O)Nc2ccn(CCC#N)n2)cn1. The third-order valence-corrected chi connectivity index (χ3v) is 2.87. The molecule has 0 unspecified atom stereocenters. The third kappa shape index (κ3) is 5.58. The summed E-state index contributed by atoms with van der Waals surface area (Å²) in [5, 5.41) is 17.9. The van der Waals surface area contributed by atoms with Crippen LogP contribution in [0.1, 0.15) is 6.42 Å². The Hall–Kier alpha value is -3.12. The number of pyridine rings is 1. The number of urea groups is 1. The molecule has 2 N–H and O–H groups in total. The minimum atomic E-state index is -0.435. The Morgan fingerprint density at radius 3 is 2.92 bits per heavy atom. The van der Waals surface area contributed by atoms with Crippen molar-refractivity contribution in [2.24, 2.45) is 0 Å². The molecule has 2 rings (SSSR count). The van der Waals surface area contributed by atoms with Crippen LogP contribution in [0.25, 0.3) is 0 Å². The molecule has 0 saturated heterocycles. The van der Waals surface area contributed by atoms with Gasteiger partial charge < -0.3 is 14.8 Å². The van der Waals surface area contributed by atoms with Gasteiger partial charge in [-0.1, -0.05) is 0 Å². The number of carbonyl (C=O) groups is 1. The van der Waals surface area contributed by atoms with E-state index in [1.807, 2.05) is 6.07 Å². The molecule has 0 radical (unpaired) electrons. The summed E-state index contributed by atoms with van der Waals surface area (Å²) in [5.74, 6) is 0.854. The van der Waals surface area contributed by atoms with E-state index in [4.69, 9.17) is 14.7 Å². The number of methoxy groups -OCH3 is 1. The van der Waals surface area contributed by atoms with E-state index >= 15 is 0 Å². The smallest absolute Gasteiger partial charge is 0.324 e. The van der Waals surface area contributed by atoms with Crippen molar-refractivity contribution < 1.29 is 14.3 Å². The Labute approximate surface area is 139 Å². The summed E-state index contributed by atoms with van der Waals surface area (Å²) in [6.07, 6.45) is 3.55. The number of anilines is 2. The Balaban J connectivity index is 1.81. The predicted octanol–water partition coefficient (Wildman–Crippen LogP) is 1.86. The van der Waals surface area contributed by atoms with Gasteiger partial charge in [0.15, 0.2) is 5.82 Å². The van der Waals surface area contributed by atoms with E-state index in [1.54, 1.807) is 36.2 Å². The summed E-state index contributed by atoms with van der Waals surface area (Å²) >= 11 is 0. The van der Waals surface area contributed by atoms with Gasteiger partial charge in [0.2, 0.25) is 5.88 Å². The minimum Gasteiger partial charge on any atom is -0.475 e. The molecule has 126 valence electrons. The molecule has 2 heterocycles. The van der Waals surface area contributed by atoms with Crippen molar-refractivity contribution in [3.05, 3.63) is 30.6 Å². The number of ether oxygens (including phenoxy) is 2. The van der Waals surface area contributed by atoms with Crippen molar-refractivity contribution >= 4 is 17.5 Å². The Morgan fingerprint density at radius 2 is 2.21 bits per heavy atom. The number of aromatic nitrogens is 3. The van der Waals surface area contributed by atoms with Crippen LogP contribution in [0, 0.1) is 11.3 Å². The molecule has 2 aromatic heterocycles. The predicted molar refractivity (Wildman–Crippen MR) is 86.7 cm³/mol. The van der Waals surface area contributed by atoms with E-state index in [1.165, 1.54) is 6.20 Å². The first-order valence-corrected chi connectivity index (χ1v) is 7.27. The van der Waals surface area contributed by atoms with Gasteiger partial charge in [-0.2, -0.15) is 10.4 Å². The largest absolute Gasteiger partial charge is 0.475 e. The molecule has 0 aliphatic heterocycles. The summed E-state index contributed by atoms with van der Waals surface area (Å²) in [4.78, 5) is 16.0.